The molecule has 1 heterocycles. The fourth-order valence-corrected chi connectivity index (χ4v) is 1.93. The number of tetrazole rings is 1. The summed E-state index contributed by atoms with van der Waals surface area (Å²) in [5.41, 5.74) is 1.90. The van der Waals surface area contributed by atoms with Crippen LogP contribution in [0.25, 0.3) is 5.69 Å². The largest absolute Gasteiger partial charge is 0.468 e. The summed E-state index contributed by atoms with van der Waals surface area (Å²) in [4.78, 5) is 11.4. The van der Waals surface area contributed by atoms with Gasteiger partial charge in [-0.05, 0) is 42.0 Å². The number of esters is 1. The molecule has 0 saturated carbocycles. The number of methoxy groups -OCH3 is 1. The van der Waals surface area contributed by atoms with Crippen molar-refractivity contribution in [3.05, 3.63) is 36.2 Å². The Morgan fingerprint density at radius 1 is 1.40 bits per heavy atom. The lowest BCUT2D eigenvalue weighted by Crippen LogP contribution is -2.36. The topological polar surface area (TPSA) is 81.9 Å². The molecule has 7 nitrogen and oxygen atoms in total. The molecule has 0 aliphatic heterocycles. The third kappa shape index (κ3) is 3.18. The molecule has 1 aromatic heterocycles. The van der Waals surface area contributed by atoms with Crippen molar-refractivity contribution in [1.82, 2.24) is 25.5 Å². The van der Waals surface area contributed by atoms with Crippen LogP contribution < -0.4 is 5.32 Å². The monoisotopic (exact) mass is 275 g/mol. The fourth-order valence-electron chi connectivity index (χ4n) is 1.93. The number of carbonyl (C=O) groups is 1. The zero-order chi connectivity index (χ0) is 14.5. The lowest BCUT2D eigenvalue weighted by atomic mass is 10.1. The summed E-state index contributed by atoms with van der Waals surface area (Å²) in [5, 5.41) is 14.3. The Labute approximate surface area is 116 Å². The summed E-state index contributed by atoms with van der Waals surface area (Å²) in [5.74, 6) is -0.284. The number of ether oxygens (including phenoxy) is 1. The Balaban J connectivity index is 2.12. The van der Waals surface area contributed by atoms with E-state index >= 15 is 0 Å². The predicted octanol–water partition coefficient (Wildman–Crippen LogP) is 0.874. The fraction of sp³-hybridized carbons (Fsp3) is 0.385. The second-order valence-electron chi connectivity index (χ2n) is 4.48. The molecular weight excluding hydrogens is 258 g/mol. The molecule has 2 rings (SSSR count). The Hall–Kier alpha value is -2.28. The van der Waals surface area contributed by atoms with Crippen LogP contribution in [0.2, 0.25) is 0 Å². The van der Waals surface area contributed by atoms with Gasteiger partial charge in [0.15, 0.2) is 0 Å². The molecule has 0 bridgehead atoms. The number of hydrogen-bond acceptors (Lipinski definition) is 6. The summed E-state index contributed by atoms with van der Waals surface area (Å²) < 4.78 is 6.28. The van der Waals surface area contributed by atoms with Crippen LogP contribution in [-0.4, -0.2) is 39.3 Å². The summed E-state index contributed by atoms with van der Waals surface area (Å²) in [6.07, 6.45) is 1.54. The molecule has 0 spiro atoms. The summed E-state index contributed by atoms with van der Waals surface area (Å²) >= 11 is 0. The Bertz CT molecular complexity index is 570. The van der Waals surface area contributed by atoms with Crippen molar-refractivity contribution < 1.29 is 9.53 Å². The maximum Gasteiger partial charge on any atom is 0.322 e. The molecule has 2 aromatic rings. The van der Waals surface area contributed by atoms with Gasteiger partial charge in [0.2, 0.25) is 0 Å². The van der Waals surface area contributed by atoms with Gasteiger partial charge in [-0.15, -0.1) is 5.10 Å². The highest BCUT2D eigenvalue weighted by molar-refractivity contribution is 5.75. The average Bonchev–Trinajstić information content (AvgIpc) is 3.00. The quantitative estimate of drug-likeness (QED) is 0.815. The maximum atomic E-state index is 11.4. The maximum absolute atomic E-state index is 11.4. The zero-order valence-corrected chi connectivity index (χ0v) is 11.6. The van der Waals surface area contributed by atoms with Gasteiger partial charge in [-0.25, -0.2) is 4.68 Å². The van der Waals surface area contributed by atoms with E-state index in [9.17, 15) is 4.79 Å². The van der Waals surface area contributed by atoms with Crippen LogP contribution in [0, 0.1) is 0 Å². The number of benzene rings is 1. The molecule has 2 atom stereocenters. The van der Waals surface area contributed by atoms with Crippen LogP contribution in [0.15, 0.2) is 30.6 Å². The van der Waals surface area contributed by atoms with Gasteiger partial charge < -0.3 is 4.74 Å². The van der Waals surface area contributed by atoms with Gasteiger partial charge in [0.1, 0.15) is 12.4 Å². The molecule has 0 saturated heterocycles. The second-order valence-corrected chi connectivity index (χ2v) is 4.48. The van der Waals surface area contributed by atoms with Crippen molar-refractivity contribution in [2.75, 3.05) is 7.11 Å². The van der Waals surface area contributed by atoms with E-state index in [1.54, 1.807) is 11.6 Å². The van der Waals surface area contributed by atoms with E-state index in [-0.39, 0.29) is 18.1 Å². The van der Waals surface area contributed by atoms with Gasteiger partial charge >= 0.3 is 5.97 Å². The third-order valence-electron chi connectivity index (χ3n) is 3.04. The first kappa shape index (κ1) is 14.1. The van der Waals surface area contributed by atoms with Crippen molar-refractivity contribution in [2.45, 2.75) is 25.9 Å². The molecule has 0 amide bonds. The molecule has 0 aliphatic rings. The van der Waals surface area contributed by atoms with Crippen LogP contribution in [0.4, 0.5) is 0 Å². The molecule has 7 heteroatoms. The van der Waals surface area contributed by atoms with Crippen molar-refractivity contribution in [3.63, 3.8) is 0 Å². The van der Waals surface area contributed by atoms with Crippen molar-refractivity contribution in [3.8, 4) is 5.69 Å². The minimum absolute atomic E-state index is 0.000491. The van der Waals surface area contributed by atoms with E-state index in [0.29, 0.717) is 0 Å². The van der Waals surface area contributed by atoms with E-state index in [2.05, 4.69) is 20.8 Å². The molecule has 0 radical (unpaired) electrons. The second kappa shape index (κ2) is 6.25. The highest BCUT2D eigenvalue weighted by Crippen LogP contribution is 2.16. The van der Waals surface area contributed by atoms with Crippen LogP contribution in [0.5, 0.6) is 0 Å². The van der Waals surface area contributed by atoms with Gasteiger partial charge in [-0.3, -0.25) is 10.1 Å². The average molecular weight is 275 g/mol. The van der Waals surface area contributed by atoms with E-state index in [1.165, 1.54) is 13.4 Å². The normalized spacial score (nSPS) is 13.8. The SMILES string of the molecule is COC(=O)C(C)NC(C)c1cccc(-n2cnnn2)c1. The lowest BCUT2D eigenvalue weighted by Gasteiger charge is -2.19. The van der Waals surface area contributed by atoms with Crippen LogP contribution >= 0.6 is 0 Å². The van der Waals surface area contributed by atoms with E-state index < -0.39 is 0 Å². The van der Waals surface area contributed by atoms with Crippen molar-refractivity contribution in [1.29, 1.82) is 0 Å². The molecule has 106 valence electrons. The first-order valence-electron chi connectivity index (χ1n) is 6.29. The van der Waals surface area contributed by atoms with E-state index in [0.717, 1.165) is 11.3 Å². The smallest absolute Gasteiger partial charge is 0.322 e. The number of nitrogens with zero attached hydrogens (tertiary/aromatic N) is 4. The first-order chi connectivity index (χ1) is 9.61. The molecule has 20 heavy (non-hydrogen) atoms. The number of aromatic nitrogens is 4. The van der Waals surface area contributed by atoms with Crippen LogP contribution in [-0.2, 0) is 9.53 Å². The van der Waals surface area contributed by atoms with Gasteiger partial charge in [-0.1, -0.05) is 12.1 Å². The summed E-state index contributed by atoms with van der Waals surface area (Å²) in [7, 11) is 1.38. The standard InChI is InChI=1S/C13H17N5O2/c1-9(15-10(2)13(19)20-3)11-5-4-6-12(7-11)18-8-14-16-17-18/h4-10,15H,1-3H3. The van der Waals surface area contributed by atoms with Gasteiger partial charge in [-0.2, -0.15) is 0 Å². The number of rotatable bonds is 5. The number of nitrogens with one attached hydrogen (secondary N) is 1. The summed E-state index contributed by atoms with van der Waals surface area (Å²) in [6, 6.07) is 7.42. The summed E-state index contributed by atoms with van der Waals surface area (Å²) in [6.45, 7) is 3.76. The molecule has 1 aromatic carbocycles. The van der Waals surface area contributed by atoms with Gasteiger partial charge in [0, 0.05) is 6.04 Å². The molecular formula is C13H17N5O2. The number of hydrogen-bond donors (Lipinski definition) is 1. The van der Waals surface area contributed by atoms with Gasteiger partial charge in [0.05, 0.1) is 12.8 Å². The van der Waals surface area contributed by atoms with Crippen molar-refractivity contribution >= 4 is 5.97 Å². The molecule has 0 aliphatic carbocycles. The Morgan fingerprint density at radius 3 is 2.85 bits per heavy atom. The van der Waals surface area contributed by atoms with Crippen molar-refractivity contribution in [2.24, 2.45) is 0 Å². The lowest BCUT2D eigenvalue weighted by molar-refractivity contribution is -0.142. The number of carbonyl (C=O) groups excluding carboxylic acids is 1. The molecule has 0 fully saturated rings. The molecule has 1 N–H and O–H groups in total. The van der Waals surface area contributed by atoms with E-state index in [1.807, 2.05) is 31.2 Å². The van der Waals surface area contributed by atoms with Crippen LogP contribution in [0.1, 0.15) is 25.5 Å². The molecule has 2 unspecified atom stereocenters. The Morgan fingerprint density at radius 2 is 2.20 bits per heavy atom. The third-order valence-corrected chi connectivity index (χ3v) is 3.04. The minimum Gasteiger partial charge on any atom is -0.468 e. The predicted molar refractivity (Wildman–Crippen MR) is 72.2 cm³/mol. The highest BCUT2D eigenvalue weighted by atomic mass is 16.5. The zero-order valence-electron chi connectivity index (χ0n) is 11.6. The first-order valence-corrected chi connectivity index (χ1v) is 6.29. The minimum atomic E-state index is -0.369. The van der Waals surface area contributed by atoms with Crippen LogP contribution in [0.3, 0.4) is 0 Å². The Kier molecular flexibility index (Phi) is 4.41. The van der Waals surface area contributed by atoms with Gasteiger partial charge in [0.25, 0.3) is 0 Å². The highest BCUT2D eigenvalue weighted by Gasteiger charge is 2.16. The van der Waals surface area contributed by atoms with E-state index in [4.69, 9.17) is 4.74 Å².